The van der Waals surface area contributed by atoms with Crippen LogP contribution in [-0.4, -0.2) is 29.0 Å². The highest BCUT2D eigenvalue weighted by Crippen LogP contribution is 2.27. The first-order chi connectivity index (χ1) is 9.51. The van der Waals surface area contributed by atoms with E-state index >= 15 is 0 Å². The largest absolute Gasteiger partial charge is 0.373 e. The molecule has 0 amide bonds. The molecule has 0 aromatic carbocycles. The third-order valence-electron chi connectivity index (χ3n) is 2.73. The molecule has 0 aliphatic heterocycles. The predicted molar refractivity (Wildman–Crippen MR) is 79.4 cm³/mol. The van der Waals surface area contributed by atoms with Crippen molar-refractivity contribution in [1.82, 2.24) is 9.97 Å². The number of nitrogens with one attached hydrogen (secondary N) is 1. The lowest BCUT2D eigenvalue weighted by molar-refractivity contribution is -0.384. The zero-order chi connectivity index (χ0) is 14.7. The zero-order valence-electron chi connectivity index (χ0n) is 11.5. The minimum atomic E-state index is -0.426. The second kappa shape index (κ2) is 5.83. The van der Waals surface area contributed by atoms with E-state index in [2.05, 4.69) is 15.3 Å². The maximum Gasteiger partial charge on any atom is 0.311 e. The van der Waals surface area contributed by atoms with Crippen LogP contribution in [0.2, 0.25) is 0 Å². The van der Waals surface area contributed by atoms with E-state index in [1.807, 2.05) is 12.3 Å². The number of aromatic nitrogens is 2. The number of hydrogen-bond acceptors (Lipinski definition) is 7. The lowest BCUT2D eigenvalue weighted by Crippen LogP contribution is -2.19. The summed E-state index contributed by atoms with van der Waals surface area (Å²) in [5, 5.41) is 16.9. The van der Waals surface area contributed by atoms with Crippen LogP contribution in [0.25, 0.3) is 0 Å². The summed E-state index contributed by atoms with van der Waals surface area (Å²) in [4.78, 5) is 21.0. The molecule has 0 fully saturated rings. The molecule has 20 heavy (non-hydrogen) atoms. The Bertz CT molecular complexity index is 628. The van der Waals surface area contributed by atoms with Crippen molar-refractivity contribution in [3.05, 3.63) is 38.3 Å². The van der Waals surface area contributed by atoms with Crippen molar-refractivity contribution in [1.29, 1.82) is 0 Å². The van der Waals surface area contributed by atoms with E-state index in [0.29, 0.717) is 18.2 Å². The molecule has 0 atom stereocenters. The molecule has 2 aromatic rings. The minimum Gasteiger partial charge on any atom is -0.373 e. The van der Waals surface area contributed by atoms with E-state index in [1.165, 1.54) is 6.07 Å². The monoisotopic (exact) mass is 293 g/mol. The second-order valence-electron chi connectivity index (χ2n) is 4.26. The van der Waals surface area contributed by atoms with Crippen LogP contribution in [0.15, 0.2) is 17.5 Å². The van der Waals surface area contributed by atoms with Crippen LogP contribution in [0.3, 0.4) is 0 Å². The van der Waals surface area contributed by atoms with Gasteiger partial charge in [-0.15, -0.1) is 11.3 Å². The molecule has 0 spiro atoms. The summed E-state index contributed by atoms with van der Waals surface area (Å²) in [6.45, 7) is 2.40. The molecule has 106 valence electrons. The number of rotatable bonds is 5. The molecule has 0 saturated carbocycles. The van der Waals surface area contributed by atoms with Gasteiger partial charge in [-0.2, -0.15) is 0 Å². The number of hydrogen-bond donors (Lipinski definition) is 1. The number of thiazole rings is 1. The van der Waals surface area contributed by atoms with Crippen LogP contribution in [-0.2, 0) is 6.54 Å². The predicted octanol–water partition coefficient (Wildman–Crippen LogP) is 2.43. The summed E-state index contributed by atoms with van der Waals surface area (Å²) in [5.41, 5.74) is 0.861. The average molecular weight is 293 g/mol. The van der Waals surface area contributed by atoms with Crippen molar-refractivity contribution in [2.24, 2.45) is 0 Å². The van der Waals surface area contributed by atoms with Crippen LogP contribution in [0.4, 0.5) is 17.3 Å². The standard InChI is InChI=1S/C12H15N5O2S/c1-8-14-9(7-20-8)6-16(3)12-10(17(18)19)4-5-11(13-2)15-12/h4-5,7H,6H2,1-3H3,(H,13,15). The molecule has 8 heteroatoms. The molecule has 2 heterocycles. The summed E-state index contributed by atoms with van der Waals surface area (Å²) in [6.07, 6.45) is 0. The van der Waals surface area contributed by atoms with Gasteiger partial charge in [0.2, 0.25) is 5.82 Å². The van der Waals surface area contributed by atoms with Crippen LogP contribution in [0, 0.1) is 17.0 Å². The second-order valence-corrected chi connectivity index (χ2v) is 5.32. The van der Waals surface area contributed by atoms with Gasteiger partial charge in [0.25, 0.3) is 0 Å². The highest BCUT2D eigenvalue weighted by atomic mass is 32.1. The van der Waals surface area contributed by atoms with Gasteiger partial charge in [0.05, 0.1) is 22.2 Å². The van der Waals surface area contributed by atoms with E-state index in [0.717, 1.165) is 10.7 Å². The third kappa shape index (κ3) is 3.02. The summed E-state index contributed by atoms with van der Waals surface area (Å²) < 4.78 is 0. The first-order valence-corrected chi connectivity index (χ1v) is 6.84. The molecule has 2 rings (SSSR count). The Hall–Kier alpha value is -2.22. The fraction of sp³-hybridized carbons (Fsp3) is 0.333. The van der Waals surface area contributed by atoms with Crippen LogP contribution >= 0.6 is 11.3 Å². The lowest BCUT2D eigenvalue weighted by Gasteiger charge is -2.17. The van der Waals surface area contributed by atoms with E-state index in [4.69, 9.17) is 0 Å². The van der Waals surface area contributed by atoms with Gasteiger partial charge in [-0.25, -0.2) is 9.97 Å². The average Bonchev–Trinajstić information content (AvgIpc) is 2.83. The smallest absolute Gasteiger partial charge is 0.311 e. The fourth-order valence-electron chi connectivity index (χ4n) is 1.80. The number of nitrogens with zero attached hydrogens (tertiary/aromatic N) is 4. The molecule has 7 nitrogen and oxygen atoms in total. The van der Waals surface area contributed by atoms with Gasteiger partial charge >= 0.3 is 5.69 Å². The Morgan fingerprint density at radius 3 is 2.75 bits per heavy atom. The van der Waals surface area contributed by atoms with Crippen molar-refractivity contribution in [2.75, 3.05) is 24.3 Å². The van der Waals surface area contributed by atoms with E-state index in [1.54, 1.807) is 36.4 Å². The SMILES string of the molecule is CNc1ccc([N+](=O)[O-])c(N(C)Cc2csc(C)n2)n1. The van der Waals surface area contributed by atoms with Crippen molar-refractivity contribution in [3.8, 4) is 0 Å². The quantitative estimate of drug-likeness (QED) is 0.673. The Kier molecular flexibility index (Phi) is 4.14. The van der Waals surface area contributed by atoms with Gasteiger partial charge in [0.1, 0.15) is 5.82 Å². The Labute approximate surface area is 120 Å². The number of nitro groups is 1. The molecule has 0 aliphatic carbocycles. The van der Waals surface area contributed by atoms with Gasteiger partial charge in [0, 0.05) is 25.5 Å². The van der Waals surface area contributed by atoms with Gasteiger partial charge < -0.3 is 10.2 Å². The molecular weight excluding hydrogens is 278 g/mol. The highest BCUT2D eigenvalue weighted by molar-refractivity contribution is 7.09. The van der Waals surface area contributed by atoms with Crippen LogP contribution in [0.5, 0.6) is 0 Å². The zero-order valence-corrected chi connectivity index (χ0v) is 12.3. The molecular formula is C12H15N5O2S. The third-order valence-corrected chi connectivity index (χ3v) is 3.56. The summed E-state index contributed by atoms with van der Waals surface area (Å²) in [6, 6.07) is 3.04. The van der Waals surface area contributed by atoms with Gasteiger partial charge in [-0.05, 0) is 13.0 Å². The topological polar surface area (TPSA) is 84.2 Å². The van der Waals surface area contributed by atoms with Crippen LogP contribution < -0.4 is 10.2 Å². The van der Waals surface area contributed by atoms with Gasteiger partial charge in [-0.1, -0.05) is 0 Å². The van der Waals surface area contributed by atoms with Crippen LogP contribution in [0.1, 0.15) is 10.7 Å². The van der Waals surface area contributed by atoms with Gasteiger partial charge in [0.15, 0.2) is 0 Å². The van der Waals surface area contributed by atoms with Gasteiger partial charge in [-0.3, -0.25) is 10.1 Å². The minimum absolute atomic E-state index is 0.0153. The maximum absolute atomic E-state index is 11.1. The highest BCUT2D eigenvalue weighted by Gasteiger charge is 2.20. The van der Waals surface area contributed by atoms with E-state index < -0.39 is 4.92 Å². The molecule has 0 saturated heterocycles. The lowest BCUT2D eigenvalue weighted by atomic mass is 10.3. The normalized spacial score (nSPS) is 10.3. The number of anilines is 2. The first-order valence-electron chi connectivity index (χ1n) is 5.96. The molecule has 2 aromatic heterocycles. The first kappa shape index (κ1) is 14.2. The van der Waals surface area contributed by atoms with Crippen molar-refractivity contribution >= 4 is 28.7 Å². The molecule has 1 N–H and O–H groups in total. The van der Waals surface area contributed by atoms with E-state index in [9.17, 15) is 10.1 Å². The molecule has 0 aliphatic rings. The Balaban J connectivity index is 2.31. The van der Waals surface area contributed by atoms with Crippen molar-refractivity contribution in [2.45, 2.75) is 13.5 Å². The fourth-order valence-corrected chi connectivity index (χ4v) is 2.41. The number of aryl methyl sites for hydroxylation is 1. The maximum atomic E-state index is 11.1. The Morgan fingerprint density at radius 2 is 2.20 bits per heavy atom. The summed E-state index contributed by atoms with van der Waals surface area (Å²) >= 11 is 1.56. The Morgan fingerprint density at radius 1 is 1.45 bits per heavy atom. The number of pyridine rings is 1. The van der Waals surface area contributed by atoms with Crippen molar-refractivity contribution < 1.29 is 4.92 Å². The molecule has 0 radical (unpaired) electrons. The van der Waals surface area contributed by atoms with Crippen molar-refractivity contribution in [3.63, 3.8) is 0 Å². The molecule has 0 bridgehead atoms. The summed E-state index contributed by atoms with van der Waals surface area (Å²) in [7, 11) is 3.49. The van der Waals surface area contributed by atoms with E-state index in [-0.39, 0.29) is 5.69 Å². The molecule has 0 unspecified atom stereocenters. The summed E-state index contributed by atoms with van der Waals surface area (Å²) in [5.74, 6) is 0.916.